The van der Waals surface area contributed by atoms with E-state index in [0.29, 0.717) is 0 Å². The molecule has 272 valence electrons. The zero-order valence-electron chi connectivity index (χ0n) is 33.5. The van der Waals surface area contributed by atoms with E-state index < -0.39 is 0 Å². The molecule has 0 spiro atoms. The maximum Gasteiger partial charge on any atom is 0.0736 e. The third kappa shape index (κ3) is 6.26. The number of fused-ring (bicyclic) bond motifs is 11. The molecular weight excluding hydrogens is 667 g/mol. The van der Waals surface area contributed by atoms with Crippen LogP contribution in [0.3, 0.4) is 0 Å². The molecule has 0 saturated heterocycles. The van der Waals surface area contributed by atoms with Gasteiger partial charge in [0.1, 0.15) is 0 Å². The summed E-state index contributed by atoms with van der Waals surface area (Å²) in [6, 6.07) is 47.1. The molecule has 5 aromatic carbocycles. The highest BCUT2D eigenvalue weighted by Gasteiger charge is 2.26. The summed E-state index contributed by atoms with van der Waals surface area (Å²) < 4.78 is 0. The number of hydrogen-bond acceptors (Lipinski definition) is 2. The average molecular weight is 716 g/mol. The van der Waals surface area contributed by atoms with E-state index in [4.69, 9.17) is 9.97 Å². The highest BCUT2D eigenvalue weighted by molar-refractivity contribution is 6.16. The monoisotopic (exact) mass is 715 g/mol. The first-order valence-electron chi connectivity index (χ1n) is 19.6. The lowest BCUT2D eigenvalue weighted by molar-refractivity contribution is 0.590. The van der Waals surface area contributed by atoms with E-state index in [1.807, 2.05) is 0 Å². The van der Waals surface area contributed by atoms with Crippen molar-refractivity contribution in [1.82, 2.24) is 15.0 Å². The van der Waals surface area contributed by atoms with Crippen LogP contribution in [-0.2, 0) is 16.2 Å². The maximum absolute atomic E-state index is 5.59. The lowest BCUT2D eigenvalue weighted by Crippen LogP contribution is -2.11. The number of aromatic amines is 1. The zero-order valence-corrected chi connectivity index (χ0v) is 33.5. The number of rotatable bonds is 2. The van der Waals surface area contributed by atoms with Crippen molar-refractivity contribution in [2.24, 2.45) is 0 Å². The fourth-order valence-electron chi connectivity index (χ4n) is 7.96. The van der Waals surface area contributed by atoms with E-state index in [9.17, 15) is 0 Å². The fourth-order valence-corrected chi connectivity index (χ4v) is 7.96. The van der Waals surface area contributed by atoms with Gasteiger partial charge in [-0.15, -0.1) is 0 Å². The van der Waals surface area contributed by atoms with Crippen LogP contribution in [0.5, 0.6) is 0 Å². The van der Waals surface area contributed by atoms with Crippen molar-refractivity contribution in [2.45, 2.75) is 78.6 Å². The van der Waals surface area contributed by atoms with Gasteiger partial charge in [-0.3, -0.25) is 0 Å². The molecule has 0 unspecified atom stereocenters. The lowest BCUT2D eigenvalue weighted by atomic mass is 9.83. The van der Waals surface area contributed by atoms with Gasteiger partial charge in [0.2, 0.25) is 0 Å². The van der Waals surface area contributed by atoms with E-state index in [2.05, 4.69) is 195 Å². The highest BCUT2D eigenvalue weighted by Crippen LogP contribution is 2.45. The first-order valence-corrected chi connectivity index (χ1v) is 19.6. The minimum absolute atomic E-state index is 0.0871. The molecule has 55 heavy (non-hydrogen) atoms. The molecule has 3 heteroatoms. The van der Waals surface area contributed by atoms with Crippen molar-refractivity contribution >= 4 is 21.8 Å². The van der Waals surface area contributed by atoms with Crippen LogP contribution in [0.4, 0.5) is 0 Å². The summed E-state index contributed by atoms with van der Waals surface area (Å²) in [5.74, 6) is 0. The molecule has 0 atom stereocenters. The molecule has 0 aliphatic carbocycles. The minimum atomic E-state index is -0.102. The van der Waals surface area contributed by atoms with Gasteiger partial charge in [0.25, 0.3) is 0 Å². The average Bonchev–Trinajstić information content (AvgIpc) is 3.55. The predicted octanol–water partition coefficient (Wildman–Crippen LogP) is 14.3. The van der Waals surface area contributed by atoms with Gasteiger partial charge in [0.15, 0.2) is 0 Å². The Hall–Kier alpha value is -5.80. The Bertz CT molecular complexity index is 2600. The van der Waals surface area contributed by atoms with Gasteiger partial charge in [-0.2, -0.15) is 0 Å². The van der Waals surface area contributed by atoms with Crippen molar-refractivity contribution in [3.8, 4) is 67.3 Å². The first kappa shape index (κ1) is 34.9. The minimum Gasteiger partial charge on any atom is -0.353 e. The van der Waals surface area contributed by atoms with Gasteiger partial charge in [-0.05, 0) is 122 Å². The molecule has 0 saturated carbocycles. The molecule has 3 nitrogen and oxygen atoms in total. The molecule has 1 aliphatic heterocycles. The van der Waals surface area contributed by atoms with Crippen LogP contribution in [0.25, 0.3) is 89.1 Å². The van der Waals surface area contributed by atoms with E-state index in [1.54, 1.807) is 0 Å². The molecule has 0 amide bonds. The van der Waals surface area contributed by atoms with Crippen LogP contribution < -0.4 is 0 Å². The topological polar surface area (TPSA) is 41.6 Å². The standard InChI is InChI=1S/C52H49N3/c1-50(2,3)37-21-35-20-36(22-37)45-24-34(32-18-14-11-15-19-32)26-47(54-45)43-30-39(52(7,8)9)28-41-40-27-38(51(4,5)6)29-42(48(40)55-49(41)43)46-25-33(23-44(35)53-46)31-16-12-10-13-17-31/h10-30,55H,1-9H3. The van der Waals surface area contributed by atoms with Crippen LogP contribution in [0.2, 0.25) is 0 Å². The number of nitrogens with zero attached hydrogens (tertiary/aromatic N) is 2. The Kier molecular flexibility index (Phi) is 7.85. The molecular formula is C52H49N3. The van der Waals surface area contributed by atoms with Crippen LogP contribution in [-0.4, -0.2) is 15.0 Å². The summed E-state index contributed by atoms with van der Waals surface area (Å²) >= 11 is 0. The molecule has 4 heterocycles. The summed E-state index contributed by atoms with van der Waals surface area (Å²) in [4.78, 5) is 15.2. The number of nitrogens with one attached hydrogen (secondary N) is 1. The van der Waals surface area contributed by atoms with Gasteiger partial charge in [-0.1, -0.05) is 123 Å². The Morgan fingerprint density at radius 3 is 1.09 bits per heavy atom. The predicted molar refractivity (Wildman–Crippen MR) is 234 cm³/mol. The number of H-pyrrole nitrogens is 1. The summed E-state index contributed by atoms with van der Waals surface area (Å²) in [6.07, 6.45) is 0. The zero-order chi connectivity index (χ0) is 38.4. The smallest absolute Gasteiger partial charge is 0.0736 e. The SMILES string of the molecule is CC(C)(C)c1cc2cc(c1)-c1cc(-c3ccccc3)cc(n1)-c1cc(C(C)(C)C)cc3c1[nH]c1c(cc(C(C)(C)C)cc13)-c1cc(-c3ccccc3)cc-2n1. The largest absolute Gasteiger partial charge is 0.353 e. The van der Waals surface area contributed by atoms with Gasteiger partial charge in [0, 0.05) is 33.0 Å². The molecule has 9 rings (SSSR count). The van der Waals surface area contributed by atoms with Crippen LogP contribution >= 0.6 is 0 Å². The highest BCUT2D eigenvalue weighted by atomic mass is 14.8. The van der Waals surface area contributed by atoms with Gasteiger partial charge >= 0.3 is 0 Å². The third-order valence-corrected chi connectivity index (χ3v) is 11.4. The van der Waals surface area contributed by atoms with E-state index >= 15 is 0 Å². The second-order valence-corrected chi connectivity index (χ2v) is 18.6. The van der Waals surface area contributed by atoms with Crippen molar-refractivity contribution in [3.05, 3.63) is 144 Å². The molecule has 3 aromatic heterocycles. The van der Waals surface area contributed by atoms with Gasteiger partial charge in [-0.25, -0.2) is 9.97 Å². The summed E-state index contributed by atoms with van der Waals surface area (Å²) in [6.45, 7) is 20.7. The van der Waals surface area contributed by atoms with E-state index in [1.165, 1.54) is 38.6 Å². The maximum atomic E-state index is 5.59. The lowest BCUT2D eigenvalue weighted by Gasteiger charge is -2.23. The second kappa shape index (κ2) is 12.4. The summed E-state index contributed by atoms with van der Waals surface area (Å²) in [5, 5.41) is 2.42. The summed E-state index contributed by atoms with van der Waals surface area (Å²) in [7, 11) is 0. The normalized spacial score (nSPS) is 12.8. The number of aromatic nitrogens is 3. The third-order valence-electron chi connectivity index (χ3n) is 11.4. The van der Waals surface area contributed by atoms with E-state index in [-0.39, 0.29) is 16.2 Å². The Balaban J connectivity index is 1.51. The quantitative estimate of drug-likeness (QED) is 0.194. The molecule has 0 radical (unpaired) electrons. The Morgan fingerprint density at radius 1 is 0.345 bits per heavy atom. The van der Waals surface area contributed by atoms with Crippen molar-refractivity contribution < 1.29 is 0 Å². The van der Waals surface area contributed by atoms with Crippen molar-refractivity contribution in [3.63, 3.8) is 0 Å². The van der Waals surface area contributed by atoms with Gasteiger partial charge in [0.05, 0.1) is 33.8 Å². The Labute approximate surface area is 325 Å². The first-order chi connectivity index (χ1) is 26.1. The number of benzene rings is 5. The van der Waals surface area contributed by atoms with Crippen molar-refractivity contribution in [1.29, 1.82) is 0 Å². The molecule has 1 N–H and O–H groups in total. The molecule has 1 aliphatic rings. The number of pyridine rings is 2. The Morgan fingerprint density at radius 2 is 0.709 bits per heavy atom. The van der Waals surface area contributed by atoms with Crippen LogP contribution in [0.1, 0.15) is 79.0 Å². The molecule has 8 bridgehead atoms. The molecule has 8 aromatic rings. The fraction of sp³-hybridized carbons (Fsp3) is 0.231. The summed E-state index contributed by atoms with van der Waals surface area (Å²) in [5.41, 5.74) is 18.5. The van der Waals surface area contributed by atoms with Crippen LogP contribution in [0.15, 0.2) is 127 Å². The van der Waals surface area contributed by atoms with E-state index in [0.717, 1.165) is 67.2 Å². The van der Waals surface area contributed by atoms with Crippen LogP contribution in [0, 0.1) is 0 Å². The number of hydrogen-bond donors (Lipinski definition) is 1. The second-order valence-electron chi connectivity index (χ2n) is 18.6. The van der Waals surface area contributed by atoms with Crippen molar-refractivity contribution in [2.75, 3.05) is 0 Å². The van der Waals surface area contributed by atoms with Gasteiger partial charge < -0.3 is 4.98 Å². The molecule has 0 fully saturated rings.